The molecule has 0 aromatic heterocycles. The summed E-state index contributed by atoms with van der Waals surface area (Å²) in [5.74, 6) is 0.188. The Hall–Kier alpha value is -3.02. The fraction of sp³-hybridized carbons (Fsp3) is 0.259. The molecule has 0 bridgehead atoms. The van der Waals surface area contributed by atoms with Crippen LogP contribution in [0.25, 0.3) is 0 Å². The molecule has 0 spiro atoms. The van der Waals surface area contributed by atoms with Crippen LogP contribution in [0.5, 0.6) is 0 Å². The van der Waals surface area contributed by atoms with Crippen LogP contribution in [0.2, 0.25) is 10.0 Å². The highest BCUT2D eigenvalue weighted by Crippen LogP contribution is 2.43. The second-order valence-corrected chi connectivity index (χ2v) is 9.91. The molecule has 0 radical (unpaired) electrons. The fourth-order valence-electron chi connectivity index (χ4n) is 4.69. The van der Waals surface area contributed by atoms with Crippen LogP contribution >= 0.6 is 23.2 Å². The topological polar surface area (TPSA) is 70.2 Å². The van der Waals surface area contributed by atoms with Crippen molar-refractivity contribution in [2.45, 2.75) is 31.2 Å². The predicted octanol–water partition coefficient (Wildman–Crippen LogP) is 6.03. The van der Waals surface area contributed by atoms with Crippen LogP contribution in [0, 0.1) is 5.92 Å². The van der Waals surface area contributed by atoms with Gasteiger partial charge in [-0.15, -0.1) is 0 Å². The summed E-state index contributed by atoms with van der Waals surface area (Å²) in [7, 11) is 0. The minimum absolute atomic E-state index is 0.150. The molecule has 2 aliphatic rings. The van der Waals surface area contributed by atoms with E-state index in [4.69, 9.17) is 23.2 Å². The van der Waals surface area contributed by atoms with Gasteiger partial charge in [0.2, 0.25) is 0 Å². The highest BCUT2D eigenvalue weighted by molar-refractivity contribution is 6.31. The quantitative estimate of drug-likeness (QED) is 0.376. The van der Waals surface area contributed by atoms with Gasteiger partial charge in [-0.3, -0.25) is 9.59 Å². The summed E-state index contributed by atoms with van der Waals surface area (Å²) in [6.07, 6.45) is 3.88. The van der Waals surface area contributed by atoms with Crippen molar-refractivity contribution in [1.82, 2.24) is 5.32 Å². The third kappa shape index (κ3) is 4.38. The van der Waals surface area contributed by atoms with Gasteiger partial charge in [0.05, 0.1) is 5.56 Å². The number of carbonyl (C=O) groups is 2. The first-order valence-electron chi connectivity index (χ1n) is 11.5. The van der Waals surface area contributed by atoms with E-state index in [1.54, 1.807) is 24.3 Å². The van der Waals surface area contributed by atoms with Gasteiger partial charge >= 0.3 is 0 Å². The maximum absolute atomic E-state index is 13.6. The first-order chi connectivity index (χ1) is 16.4. The largest absolute Gasteiger partial charge is 0.367 e. The molecular formula is C27H25Cl2N3O2. The molecule has 7 heteroatoms. The number of rotatable bonds is 7. The number of para-hydroxylation sites is 1. The first-order valence-corrected chi connectivity index (χ1v) is 12.2. The molecule has 1 fully saturated rings. The molecule has 1 atom stereocenters. The molecule has 5 nitrogen and oxygen atoms in total. The highest BCUT2D eigenvalue weighted by atomic mass is 35.5. The maximum atomic E-state index is 13.6. The second-order valence-electron chi connectivity index (χ2n) is 9.03. The molecule has 34 heavy (non-hydrogen) atoms. The van der Waals surface area contributed by atoms with Gasteiger partial charge in [0.1, 0.15) is 5.54 Å². The summed E-state index contributed by atoms with van der Waals surface area (Å²) >= 11 is 12.5. The van der Waals surface area contributed by atoms with Crippen LogP contribution in [0.15, 0.2) is 66.7 Å². The smallest absolute Gasteiger partial charge is 0.255 e. The average molecular weight is 494 g/mol. The van der Waals surface area contributed by atoms with E-state index in [9.17, 15) is 9.59 Å². The summed E-state index contributed by atoms with van der Waals surface area (Å²) in [6, 6.07) is 20.1. The van der Waals surface area contributed by atoms with Crippen molar-refractivity contribution in [3.63, 3.8) is 0 Å². The second kappa shape index (κ2) is 9.32. The molecule has 174 valence electrons. The van der Waals surface area contributed by atoms with Crippen LogP contribution in [0.4, 0.5) is 11.4 Å². The van der Waals surface area contributed by atoms with Gasteiger partial charge < -0.3 is 16.0 Å². The molecule has 1 aliphatic heterocycles. The number of halogens is 2. The van der Waals surface area contributed by atoms with E-state index in [2.05, 4.69) is 16.0 Å². The zero-order valence-corrected chi connectivity index (χ0v) is 20.0. The summed E-state index contributed by atoms with van der Waals surface area (Å²) in [4.78, 5) is 26.6. The van der Waals surface area contributed by atoms with Crippen LogP contribution in [-0.2, 0) is 16.8 Å². The summed E-state index contributed by atoms with van der Waals surface area (Å²) in [6.45, 7) is 0.669. The van der Waals surface area contributed by atoms with Crippen molar-refractivity contribution in [1.29, 1.82) is 0 Å². The Morgan fingerprint density at radius 2 is 1.79 bits per heavy atom. The fourth-order valence-corrected chi connectivity index (χ4v) is 5.07. The Labute approximate surface area is 208 Å². The molecule has 3 aromatic carbocycles. The van der Waals surface area contributed by atoms with E-state index in [1.807, 2.05) is 42.5 Å². The van der Waals surface area contributed by atoms with E-state index >= 15 is 0 Å². The molecule has 2 amide bonds. The molecule has 3 aromatic rings. The van der Waals surface area contributed by atoms with E-state index < -0.39 is 5.54 Å². The standard InChI is InChI=1S/C27H25Cl2N3O2/c28-19-8-4-7-18(13-19)15-27(22-12-11-20(29)14-24(22)31-26(27)34)32-23-10-2-1-9-21(23)25(33)30-16-17-5-3-6-17/h1-2,4,7-14,17,32H,3,5-6,15-16H2,(H,30,33)(H,31,34). The van der Waals surface area contributed by atoms with Crippen molar-refractivity contribution < 1.29 is 9.59 Å². The van der Waals surface area contributed by atoms with Crippen molar-refractivity contribution in [2.24, 2.45) is 5.92 Å². The monoisotopic (exact) mass is 493 g/mol. The molecule has 5 rings (SSSR count). The number of benzene rings is 3. The number of hydrogen-bond donors (Lipinski definition) is 3. The highest BCUT2D eigenvalue weighted by Gasteiger charge is 2.47. The zero-order valence-electron chi connectivity index (χ0n) is 18.5. The maximum Gasteiger partial charge on any atom is 0.255 e. The molecule has 0 saturated heterocycles. The number of nitrogens with one attached hydrogen (secondary N) is 3. The molecule has 1 saturated carbocycles. The molecular weight excluding hydrogens is 469 g/mol. The molecule has 1 aliphatic carbocycles. The van der Waals surface area contributed by atoms with Gasteiger partial charge in [0, 0.05) is 39.9 Å². The minimum Gasteiger partial charge on any atom is -0.367 e. The summed E-state index contributed by atoms with van der Waals surface area (Å²) in [5.41, 5.74) is 2.26. The van der Waals surface area contributed by atoms with Crippen molar-refractivity contribution in [3.8, 4) is 0 Å². The lowest BCUT2D eigenvalue weighted by Crippen LogP contribution is -2.45. The van der Waals surface area contributed by atoms with Gasteiger partial charge in [0.15, 0.2) is 0 Å². The number of amides is 2. The predicted molar refractivity (Wildman–Crippen MR) is 137 cm³/mol. The van der Waals surface area contributed by atoms with E-state index in [0.29, 0.717) is 45.9 Å². The number of hydrogen-bond acceptors (Lipinski definition) is 3. The van der Waals surface area contributed by atoms with Gasteiger partial charge in [-0.25, -0.2) is 0 Å². The van der Waals surface area contributed by atoms with Crippen LogP contribution < -0.4 is 16.0 Å². The third-order valence-electron chi connectivity index (χ3n) is 6.73. The van der Waals surface area contributed by atoms with Gasteiger partial charge in [-0.05, 0) is 60.7 Å². The number of carbonyl (C=O) groups excluding carboxylic acids is 2. The Kier molecular flexibility index (Phi) is 6.24. The Balaban J connectivity index is 1.53. The minimum atomic E-state index is -1.14. The van der Waals surface area contributed by atoms with Gasteiger partial charge in [0.25, 0.3) is 11.8 Å². The lowest BCUT2D eigenvalue weighted by molar-refractivity contribution is -0.119. The van der Waals surface area contributed by atoms with Crippen LogP contribution in [0.1, 0.15) is 40.7 Å². The molecule has 3 N–H and O–H groups in total. The van der Waals surface area contributed by atoms with Crippen molar-refractivity contribution in [3.05, 3.63) is 93.5 Å². The Morgan fingerprint density at radius 1 is 1.00 bits per heavy atom. The van der Waals surface area contributed by atoms with Crippen molar-refractivity contribution >= 4 is 46.4 Å². The lowest BCUT2D eigenvalue weighted by atomic mass is 9.84. The molecule has 1 unspecified atom stereocenters. The number of anilines is 2. The number of fused-ring (bicyclic) bond motifs is 1. The Morgan fingerprint density at radius 3 is 2.56 bits per heavy atom. The van der Waals surface area contributed by atoms with Gasteiger partial charge in [-0.2, -0.15) is 0 Å². The van der Waals surface area contributed by atoms with Crippen molar-refractivity contribution in [2.75, 3.05) is 17.2 Å². The van der Waals surface area contributed by atoms with Crippen LogP contribution in [0.3, 0.4) is 0 Å². The third-order valence-corrected chi connectivity index (χ3v) is 7.20. The lowest BCUT2D eigenvalue weighted by Gasteiger charge is -2.31. The zero-order chi connectivity index (χ0) is 23.7. The van der Waals surface area contributed by atoms with Gasteiger partial charge in [-0.1, -0.05) is 60.0 Å². The van der Waals surface area contributed by atoms with E-state index in [1.165, 1.54) is 6.42 Å². The first kappa shape index (κ1) is 22.8. The molecule has 1 heterocycles. The summed E-state index contributed by atoms with van der Waals surface area (Å²) < 4.78 is 0. The normalized spacial score (nSPS) is 19.2. The Bertz CT molecular complexity index is 1260. The average Bonchev–Trinajstić information content (AvgIpc) is 3.03. The SMILES string of the molecule is O=C(NCC1CCC1)c1ccccc1NC1(Cc2cccc(Cl)c2)C(=O)Nc2cc(Cl)ccc21. The summed E-state index contributed by atoms with van der Waals surface area (Å²) in [5, 5.41) is 10.6. The van der Waals surface area contributed by atoms with E-state index in [-0.39, 0.29) is 11.8 Å². The van der Waals surface area contributed by atoms with Crippen LogP contribution in [-0.4, -0.2) is 18.4 Å². The van der Waals surface area contributed by atoms with E-state index in [0.717, 1.165) is 24.0 Å².